The first kappa shape index (κ1) is 12.9. The zero-order valence-electron chi connectivity index (χ0n) is 8.63. The lowest BCUT2D eigenvalue weighted by Crippen LogP contribution is -1.97. The first-order chi connectivity index (χ1) is 6.41. The van der Waals surface area contributed by atoms with Crippen LogP contribution in [0.15, 0.2) is 0 Å². The molecule has 0 saturated heterocycles. The fraction of sp³-hybridized carbons (Fsp3) is 1.00. The van der Waals surface area contributed by atoms with Crippen LogP contribution in [0.25, 0.3) is 0 Å². The molecular weight excluding hydrogens is 168 g/mol. The molecule has 0 aromatic rings. The van der Waals surface area contributed by atoms with Gasteiger partial charge in [-0.25, -0.2) is 0 Å². The summed E-state index contributed by atoms with van der Waals surface area (Å²) in [5, 5.41) is 8.32. The van der Waals surface area contributed by atoms with Crippen LogP contribution in [0, 0.1) is 0 Å². The van der Waals surface area contributed by atoms with Crippen LogP contribution in [-0.4, -0.2) is 31.7 Å². The lowest BCUT2D eigenvalue weighted by molar-refractivity contribution is -0.00298. The van der Waals surface area contributed by atoms with Gasteiger partial charge in [0.2, 0.25) is 0 Å². The van der Waals surface area contributed by atoms with Crippen molar-refractivity contribution in [2.75, 3.05) is 26.6 Å². The van der Waals surface area contributed by atoms with Crippen molar-refractivity contribution in [3.8, 4) is 0 Å². The van der Waals surface area contributed by atoms with Crippen molar-refractivity contribution in [3.05, 3.63) is 0 Å². The molecule has 1 N–H and O–H groups in total. The van der Waals surface area contributed by atoms with Crippen molar-refractivity contribution < 1.29 is 14.6 Å². The smallest absolute Gasteiger partial charge is 0.143 e. The van der Waals surface area contributed by atoms with Gasteiger partial charge < -0.3 is 14.6 Å². The average Bonchev–Trinajstić information content (AvgIpc) is 2.16. The zero-order chi connectivity index (χ0) is 9.78. The molecule has 0 aliphatic rings. The Bertz CT molecular complexity index is 76.2. The van der Waals surface area contributed by atoms with E-state index < -0.39 is 0 Å². The van der Waals surface area contributed by atoms with Gasteiger partial charge in [0.15, 0.2) is 0 Å². The van der Waals surface area contributed by atoms with Gasteiger partial charge in [-0.2, -0.15) is 0 Å². The van der Waals surface area contributed by atoms with Gasteiger partial charge in [0, 0.05) is 19.8 Å². The minimum Gasteiger partial charge on any atom is -0.381 e. The third-order valence-corrected chi connectivity index (χ3v) is 1.77. The van der Waals surface area contributed by atoms with E-state index in [2.05, 4.69) is 6.92 Å². The summed E-state index contributed by atoms with van der Waals surface area (Å²) in [5.74, 6) is 0. The summed E-state index contributed by atoms with van der Waals surface area (Å²) in [6, 6.07) is 0. The first-order valence-electron chi connectivity index (χ1n) is 5.18. The predicted octanol–water partition coefficient (Wildman–Crippen LogP) is 1.94. The Hall–Kier alpha value is -0.120. The largest absolute Gasteiger partial charge is 0.381 e. The summed E-state index contributed by atoms with van der Waals surface area (Å²) in [6.07, 6.45) is 5.63. The molecule has 0 spiro atoms. The van der Waals surface area contributed by atoms with Crippen LogP contribution in [0.1, 0.15) is 39.0 Å². The van der Waals surface area contributed by atoms with E-state index in [1.54, 1.807) is 0 Å². The molecule has 0 heterocycles. The Labute approximate surface area is 81.0 Å². The van der Waals surface area contributed by atoms with E-state index in [-0.39, 0.29) is 6.79 Å². The summed E-state index contributed by atoms with van der Waals surface area (Å²) >= 11 is 0. The summed E-state index contributed by atoms with van der Waals surface area (Å²) < 4.78 is 10.1. The number of hydrogen-bond donors (Lipinski definition) is 1. The molecule has 0 aliphatic carbocycles. The summed E-state index contributed by atoms with van der Waals surface area (Å²) in [5.41, 5.74) is 0. The molecule has 0 amide bonds. The van der Waals surface area contributed by atoms with E-state index in [0.29, 0.717) is 6.61 Å². The highest BCUT2D eigenvalue weighted by atomic mass is 16.6. The van der Waals surface area contributed by atoms with E-state index in [9.17, 15) is 0 Å². The number of unbranched alkanes of at least 4 members (excludes halogenated alkanes) is 3. The molecule has 0 radical (unpaired) electrons. The van der Waals surface area contributed by atoms with Gasteiger partial charge in [0.25, 0.3) is 0 Å². The zero-order valence-corrected chi connectivity index (χ0v) is 8.63. The molecule has 0 aromatic heterocycles. The van der Waals surface area contributed by atoms with Crippen LogP contribution < -0.4 is 0 Å². The SMILES string of the molecule is CCCOCCCCCCOCO. The summed E-state index contributed by atoms with van der Waals surface area (Å²) in [6.45, 7) is 4.40. The van der Waals surface area contributed by atoms with Crippen molar-refractivity contribution >= 4 is 0 Å². The molecule has 0 saturated carbocycles. The summed E-state index contributed by atoms with van der Waals surface area (Å²) in [4.78, 5) is 0. The predicted molar refractivity (Wildman–Crippen MR) is 52.6 cm³/mol. The number of hydrogen-bond acceptors (Lipinski definition) is 3. The third-order valence-electron chi connectivity index (χ3n) is 1.77. The van der Waals surface area contributed by atoms with Crippen LogP contribution in [0.4, 0.5) is 0 Å². The topological polar surface area (TPSA) is 38.7 Å². The van der Waals surface area contributed by atoms with Gasteiger partial charge in [0.05, 0.1) is 0 Å². The molecule has 0 fully saturated rings. The molecule has 3 nitrogen and oxygen atoms in total. The minimum atomic E-state index is -0.153. The maximum absolute atomic E-state index is 8.32. The third kappa shape index (κ3) is 11.9. The monoisotopic (exact) mass is 190 g/mol. The molecule has 13 heavy (non-hydrogen) atoms. The highest BCUT2D eigenvalue weighted by Crippen LogP contribution is 2.00. The van der Waals surface area contributed by atoms with Crippen molar-refractivity contribution in [1.29, 1.82) is 0 Å². The van der Waals surface area contributed by atoms with Gasteiger partial charge in [-0.3, -0.25) is 0 Å². The minimum absolute atomic E-state index is 0.153. The van der Waals surface area contributed by atoms with Gasteiger partial charge in [-0.1, -0.05) is 19.8 Å². The normalized spacial score (nSPS) is 10.6. The Morgan fingerprint density at radius 2 is 1.46 bits per heavy atom. The highest BCUT2D eigenvalue weighted by molar-refractivity contribution is 4.42. The van der Waals surface area contributed by atoms with Gasteiger partial charge in [-0.15, -0.1) is 0 Å². The van der Waals surface area contributed by atoms with E-state index in [4.69, 9.17) is 14.6 Å². The van der Waals surface area contributed by atoms with Crippen LogP contribution in [-0.2, 0) is 9.47 Å². The second-order valence-electron chi connectivity index (χ2n) is 3.06. The number of rotatable bonds is 10. The Balaban J connectivity index is 2.76. The lowest BCUT2D eigenvalue weighted by atomic mass is 10.2. The van der Waals surface area contributed by atoms with Crippen molar-refractivity contribution in [2.24, 2.45) is 0 Å². The molecule has 0 unspecified atom stereocenters. The molecule has 0 aromatic carbocycles. The van der Waals surface area contributed by atoms with E-state index in [1.165, 1.54) is 6.42 Å². The Morgan fingerprint density at radius 1 is 0.846 bits per heavy atom. The fourth-order valence-electron chi connectivity index (χ4n) is 1.07. The first-order valence-corrected chi connectivity index (χ1v) is 5.18. The molecule has 80 valence electrons. The molecule has 3 heteroatoms. The molecule has 0 bridgehead atoms. The van der Waals surface area contributed by atoms with E-state index in [1.807, 2.05) is 0 Å². The van der Waals surface area contributed by atoms with E-state index >= 15 is 0 Å². The molecule has 0 atom stereocenters. The van der Waals surface area contributed by atoms with Gasteiger partial charge in [-0.05, 0) is 19.3 Å². The average molecular weight is 190 g/mol. The van der Waals surface area contributed by atoms with Crippen LogP contribution in [0.3, 0.4) is 0 Å². The van der Waals surface area contributed by atoms with Crippen LogP contribution >= 0.6 is 0 Å². The second-order valence-corrected chi connectivity index (χ2v) is 3.06. The summed E-state index contributed by atoms with van der Waals surface area (Å²) in [7, 11) is 0. The highest BCUT2D eigenvalue weighted by Gasteiger charge is 1.90. The Kier molecular flexibility index (Phi) is 11.8. The van der Waals surface area contributed by atoms with Crippen molar-refractivity contribution in [1.82, 2.24) is 0 Å². The Morgan fingerprint density at radius 3 is 2.00 bits per heavy atom. The molecule has 0 rings (SSSR count). The van der Waals surface area contributed by atoms with E-state index in [0.717, 1.165) is 38.9 Å². The van der Waals surface area contributed by atoms with Crippen molar-refractivity contribution in [3.63, 3.8) is 0 Å². The second kappa shape index (κ2) is 11.9. The quantitative estimate of drug-likeness (QED) is 0.422. The standard InChI is InChI=1S/C10H22O3/c1-2-7-12-8-5-3-4-6-9-13-10-11/h11H,2-10H2,1H3. The maximum atomic E-state index is 8.32. The molecular formula is C10H22O3. The van der Waals surface area contributed by atoms with Gasteiger partial charge in [0.1, 0.15) is 6.79 Å². The lowest BCUT2D eigenvalue weighted by Gasteiger charge is -2.02. The fourth-order valence-corrected chi connectivity index (χ4v) is 1.07. The van der Waals surface area contributed by atoms with Gasteiger partial charge >= 0.3 is 0 Å². The molecule has 0 aliphatic heterocycles. The number of ether oxygens (including phenoxy) is 2. The number of aliphatic hydroxyl groups is 1. The van der Waals surface area contributed by atoms with Crippen LogP contribution in [0.2, 0.25) is 0 Å². The van der Waals surface area contributed by atoms with Crippen LogP contribution in [0.5, 0.6) is 0 Å². The van der Waals surface area contributed by atoms with Crippen molar-refractivity contribution in [2.45, 2.75) is 39.0 Å². The number of aliphatic hydroxyl groups excluding tert-OH is 1. The maximum Gasteiger partial charge on any atom is 0.143 e.